The molecule has 44 heteroatoms. The quantitative estimate of drug-likeness (QED) is 0.0251. The van der Waals surface area contributed by atoms with E-state index in [-0.39, 0.29) is 140 Å². The van der Waals surface area contributed by atoms with Gasteiger partial charge in [0.1, 0.15) is 28.7 Å². The molecule has 0 aliphatic carbocycles. The SMILES string of the molecule is BrCCOCCBr.CN1CCN(C(N)=S)CC1.CN1CCN(c2nc(C3(c4ccc(OC(F)(F)F)cc4)CCOCC3)cs2)CC1.N#CC1(c2ccc(OC(F)(F)F)cc2)CCOCC1.N#CCc1ccc(OC(F)(F)F)cc1.O=C(CCl)C1(c2ccc(OC(F)(F)F)cc2)CCOCC1.O=C(O)C1(c2ccc(OC(F)(F)F)cc2)CCOCC1.[H-].[K+].[Na+].[OH-]. The average molecular weight is 1980 g/mol. The smallest absolute Gasteiger partial charge is 1.00 e. The van der Waals surface area contributed by atoms with Crippen molar-refractivity contribution in [2.45, 2.75) is 111 Å². The Morgan fingerprint density at radius 1 is 0.537 bits per heavy atom. The number of alkyl halides is 18. The molecule has 5 aromatic carbocycles. The van der Waals surface area contributed by atoms with Crippen molar-refractivity contribution in [1.29, 1.82) is 10.5 Å². The Morgan fingerprint density at radius 2 is 0.862 bits per heavy atom. The van der Waals surface area contributed by atoms with Gasteiger partial charge in [-0.3, -0.25) is 9.59 Å². The Labute approximate surface area is 799 Å². The Hall–Kier alpha value is -5.14. The van der Waals surface area contributed by atoms with Crippen molar-refractivity contribution in [2.24, 2.45) is 5.73 Å². The number of nitriles is 2. The minimum Gasteiger partial charge on any atom is -1.00 e. The molecule has 6 saturated heterocycles. The van der Waals surface area contributed by atoms with E-state index in [9.17, 15) is 85.8 Å². The fourth-order valence-corrected chi connectivity index (χ4v) is 15.1. The second-order valence-corrected chi connectivity index (χ2v) is 30.6. The van der Waals surface area contributed by atoms with Gasteiger partial charge in [0.2, 0.25) is 0 Å². The van der Waals surface area contributed by atoms with E-state index >= 15 is 0 Å². The zero-order valence-electron chi connectivity index (χ0n) is 68.5. The first-order chi connectivity index (χ1) is 56.6. The first-order valence-corrected chi connectivity index (χ1v) is 41.2. The number of carbonyl (C=O) groups is 2. The van der Waals surface area contributed by atoms with Gasteiger partial charge in [-0.05, 0) is 166 Å². The van der Waals surface area contributed by atoms with Gasteiger partial charge in [0.05, 0.1) is 59.6 Å². The van der Waals surface area contributed by atoms with Gasteiger partial charge in [-0.1, -0.05) is 92.5 Å². The van der Waals surface area contributed by atoms with Gasteiger partial charge < -0.3 is 84.7 Å². The Balaban J connectivity index is 0.000000504. The van der Waals surface area contributed by atoms with Gasteiger partial charge in [0.25, 0.3) is 0 Å². The minimum atomic E-state index is -4.76. The fourth-order valence-electron chi connectivity index (χ4n) is 13.2. The number of carbonyl (C=O) groups excluding carboxylic acids is 1. The van der Waals surface area contributed by atoms with E-state index in [4.69, 9.17) is 63.5 Å². The van der Waals surface area contributed by atoms with Crippen LogP contribution < -0.4 is 115 Å². The maximum absolute atomic E-state index is 12.5. The molecule has 672 valence electrons. The summed E-state index contributed by atoms with van der Waals surface area (Å²) in [5.74, 6) is -2.72. The molecule has 6 aliphatic heterocycles. The summed E-state index contributed by atoms with van der Waals surface area (Å²) in [4.78, 5) is 37.6. The number of aromatic nitrogens is 1. The number of carboxylic acids is 1. The number of nitrogens with two attached hydrogens (primary N) is 1. The molecule has 0 amide bonds. The van der Waals surface area contributed by atoms with Gasteiger partial charge in [0.15, 0.2) is 16.0 Å². The number of rotatable bonds is 19. The number of hydrogen-bond acceptors (Lipinski definition) is 21. The fraction of sp³-hybridized carbons (Fsp3) is 0.519. The molecule has 123 heavy (non-hydrogen) atoms. The van der Waals surface area contributed by atoms with Crippen LogP contribution in [0.5, 0.6) is 28.7 Å². The molecular formula is C79H92Br2ClF15KN8NaO14S2. The van der Waals surface area contributed by atoms with E-state index in [0.29, 0.717) is 119 Å². The van der Waals surface area contributed by atoms with Gasteiger partial charge >= 0.3 is 119 Å². The summed E-state index contributed by atoms with van der Waals surface area (Å²) < 4.78 is 227. The largest absolute Gasteiger partial charge is 1.00 e. The zero-order valence-corrected chi connectivity index (χ0v) is 78.1. The minimum absolute atomic E-state index is 0. The Kier molecular flexibility index (Phi) is 48.9. The number of nitrogens with zero attached hydrogens (tertiary/aromatic N) is 7. The molecule has 0 saturated carbocycles. The normalized spacial score (nSPS) is 17.3. The van der Waals surface area contributed by atoms with Crippen molar-refractivity contribution in [3.05, 3.63) is 160 Å². The van der Waals surface area contributed by atoms with Gasteiger partial charge in [-0.15, -0.1) is 88.8 Å². The van der Waals surface area contributed by atoms with Crippen molar-refractivity contribution >= 4 is 89.0 Å². The maximum Gasteiger partial charge on any atom is 1.00 e. The number of thiocarbonyl (C=S) groups is 1. The van der Waals surface area contributed by atoms with Gasteiger partial charge in [-0.2, -0.15) is 10.5 Å². The number of benzene rings is 5. The molecule has 0 unspecified atom stereocenters. The summed E-state index contributed by atoms with van der Waals surface area (Å²) in [5, 5.41) is 32.6. The number of aliphatic carboxylic acids is 1. The van der Waals surface area contributed by atoms with E-state index in [1.54, 1.807) is 23.5 Å². The maximum atomic E-state index is 12.5. The van der Waals surface area contributed by atoms with Crippen LogP contribution in [-0.4, -0.2) is 228 Å². The van der Waals surface area contributed by atoms with Crippen LogP contribution in [0.3, 0.4) is 0 Å². The van der Waals surface area contributed by atoms with Crippen LogP contribution in [0, 0.1) is 22.7 Å². The number of Topliss-reactive ketones (excluding diaryl/α,β-unsaturated/α-hetero) is 1. The molecule has 0 spiro atoms. The summed E-state index contributed by atoms with van der Waals surface area (Å²) in [5.41, 5.74) is 6.93. The van der Waals surface area contributed by atoms with E-state index in [1.807, 2.05) is 11.0 Å². The Morgan fingerprint density at radius 3 is 1.20 bits per heavy atom. The number of piperazine rings is 2. The standard InChI is InChI=1S/C20H24F3N3O2S.C14H14ClF3O3.C13H12F3NO2.C13H13F3O4.C9H6F3NO.C6H13N3S.C4H8Br2O.K.Na.H2O.H/c1-25-8-10-26(11-9-25)18-24-17(14-29-18)19(6-12-27-13-7-19)15-2-4-16(5-3-15)28-20(21,22)23;15-9-12(19)13(5-7-20-8-6-13)10-1-3-11(4-2-10)21-14(16,17)18;14-13(15,16)19-11-3-1-10(2-4-11)12(9-17)5-7-18-8-6-12;14-13(15,16)20-10-3-1-9(2-4-10)12(11(17)18)5-7-19-8-6-12;10-9(11,12)14-8-3-1-7(2-4-8)5-6-13;1-8-2-4-9(5-3-8)6(7)10;5-1-3-7-4-2-6;;;;/h2-5,14H,6-13H2,1H3;1-4H,5-9H2;1-4H,5-8H2;1-4H,5-8H2,(H,17,18);1-4H,5H2;2-5H2,1H3,(H2,7,10);1-4H2;;;1H2;/q;;;;;;;2*+1;;-1/p-1. The molecule has 6 aliphatic rings. The number of ether oxygens (including phenoxy) is 10. The number of anilines is 1. The molecule has 4 N–H and O–H groups in total. The number of thiazole rings is 1. The average Bonchev–Trinajstić information content (AvgIpc) is 1.67. The predicted molar refractivity (Wildman–Crippen MR) is 429 cm³/mol. The molecule has 1 aromatic heterocycles. The summed E-state index contributed by atoms with van der Waals surface area (Å²) in [6, 6.07) is 31.4. The summed E-state index contributed by atoms with van der Waals surface area (Å²) in [6.07, 6.45) is -19.3. The second kappa shape index (κ2) is 53.7. The van der Waals surface area contributed by atoms with Crippen molar-refractivity contribution in [3.63, 3.8) is 0 Å². The second-order valence-electron chi connectivity index (χ2n) is 27.5. The van der Waals surface area contributed by atoms with Crippen LogP contribution in [0.2, 0.25) is 0 Å². The van der Waals surface area contributed by atoms with Crippen LogP contribution in [0.15, 0.2) is 127 Å². The predicted octanol–water partition coefficient (Wildman–Crippen LogP) is 11.1. The van der Waals surface area contributed by atoms with Crippen molar-refractivity contribution in [1.82, 2.24) is 19.7 Å². The number of carboxylic acid groups (broad SMARTS) is 1. The molecule has 0 atom stereocenters. The third-order valence-corrected chi connectivity index (χ3v) is 21.7. The van der Waals surface area contributed by atoms with Crippen LogP contribution in [-0.2, 0) is 61.4 Å². The molecule has 12 rings (SSSR count). The third-order valence-electron chi connectivity index (χ3n) is 19.7. The molecular weight excluding hydrogens is 1890 g/mol. The van der Waals surface area contributed by atoms with Crippen LogP contribution in [0.4, 0.5) is 71.0 Å². The molecule has 0 radical (unpaired) electrons. The van der Waals surface area contributed by atoms with Crippen LogP contribution in [0.1, 0.15) is 86.3 Å². The topological polar surface area (TPSA) is 276 Å². The van der Waals surface area contributed by atoms with Crippen LogP contribution >= 0.6 is 67.0 Å². The van der Waals surface area contributed by atoms with E-state index in [0.717, 1.165) is 118 Å². The molecule has 6 fully saturated rings. The molecule has 0 bridgehead atoms. The summed E-state index contributed by atoms with van der Waals surface area (Å²) in [6.45, 7) is 13.2. The first kappa shape index (κ1) is 112. The monoisotopic (exact) mass is 1980 g/mol. The van der Waals surface area contributed by atoms with E-state index in [2.05, 4.69) is 95.8 Å². The van der Waals surface area contributed by atoms with Crippen LogP contribution in [0.25, 0.3) is 0 Å². The van der Waals surface area contributed by atoms with E-state index in [1.165, 1.54) is 97.1 Å². The first-order valence-electron chi connectivity index (χ1n) is 37.2. The number of hydrogen-bond donors (Lipinski definition) is 2. The van der Waals surface area contributed by atoms with E-state index < -0.39 is 54.0 Å². The number of halogens is 18. The van der Waals surface area contributed by atoms with Crippen molar-refractivity contribution in [2.75, 3.05) is 154 Å². The van der Waals surface area contributed by atoms with Crippen molar-refractivity contribution < 1.29 is 216 Å². The molecule has 7 heterocycles. The van der Waals surface area contributed by atoms with Gasteiger partial charge in [0, 0.05) is 127 Å². The summed E-state index contributed by atoms with van der Waals surface area (Å²) in [7, 11) is 4.23. The molecule has 22 nitrogen and oxygen atoms in total. The zero-order chi connectivity index (χ0) is 88.4. The Bertz CT molecular complexity index is 4160. The number of likely N-dealkylation sites (N-methyl/N-ethyl adjacent to an activating group) is 2. The van der Waals surface area contributed by atoms with Crippen molar-refractivity contribution in [3.8, 4) is 40.9 Å². The number of ketones is 1. The third kappa shape index (κ3) is 38.2. The summed E-state index contributed by atoms with van der Waals surface area (Å²) >= 11 is 18.6. The molecule has 6 aromatic rings. The van der Waals surface area contributed by atoms with Gasteiger partial charge in [-0.25, -0.2) is 4.98 Å².